The number of allylic oxidation sites excluding steroid dienone is 5. The lowest BCUT2D eigenvalue weighted by Crippen LogP contribution is -1.98. The van der Waals surface area contributed by atoms with E-state index in [1.165, 1.54) is 0 Å². The zero-order valence-corrected chi connectivity index (χ0v) is 19.6. The normalized spacial score (nSPS) is 13.2. The summed E-state index contributed by atoms with van der Waals surface area (Å²) in [6.45, 7) is 0. The van der Waals surface area contributed by atoms with Crippen molar-refractivity contribution in [1.29, 1.82) is 0 Å². The molecule has 0 amide bonds. The van der Waals surface area contributed by atoms with Gasteiger partial charge in [-0.2, -0.15) is 0 Å². The van der Waals surface area contributed by atoms with Crippen LogP contribution in [-0.4, -0.2) is 35.5 Å². The van der Waals surface area contributed by atoms with Gasteiger partial charge in [0.2, 0.25) is 5.75 Å². The first-order valence-electron chi connectivity index (χ1n) is 10.6. The average molecular weight is 449 g/mol. The Morgan fingerprint density at radius 3 is 2.21 bits per heavy atom. The number of benzene rings is 2. The number of fused-ring (bicyclic) bond motifs is 1. The third kappa shape index (κ3) is 4.42. The highest BCUT2D eigenvalue weighted by Gasteiger charge is 2.21. The van der Waals surface area contributed by atoms with Crippen LogP contribution in [0.25, 0.3) is 16.5 Å². The molecule has 0 atom stereocenters. The first-order valence-corrected chi connectivity index (χ1v) is 10.6. The van der Waals surface area contributed by atoms with Gasteiger partial charge in [-0.3, -0.25) is 0 Å². The summed E-state index contributed by atoms with van der Waals surface area (Å²) in [5, 5.41) is 1.03. The second kappa shape index (κ2) is 9.77. The van der Waals surface area contributed by atoms with Crippen molar-refractivity contribution in [3.05, 3.63) is 77.3 Å². The van der Waals surface area contributed by atoms with Gasteiger partial charge in [0.15, 0.2) is 11.5 Å². The summed E-state index contributed by atoms with van der Waals surface area (Å²) in [5.74, 6) is 4.19. The molecule has 1 aliphatic rings. The fourth-order valence-electron chi connectivity index (χ4n) is 4.05. The lowest BCUT2D eigenvalue weighted by atomic mass is 9.97. The van der Waals surface area contributed by atoms with Crippen molar-refractivity contribution in [1.82, 2.24) is 0 Å². The van der Waals surface area contributed by atoms with Gasteiger partial charge in [0.05, 0.1) is 35.5 Å². The molecule has 0 unspecified atom stereocenters. The Morgan fingerprint density at radius 1 is 0.818 bits per heavy atom. The highest BCUT2D eigenvalue weighted by molar-refractivity contribution is 5.88. The number of hydrogen-bond donors (Lipinski definition) is 0. The quantitative estimate of drug-likeness (QED) is 0.426. The van der Waals surface area contributed by atoms with Gasteiger partial charge in [0, 0.05) is 23.4 Å². The van der Waals surface area contributed by atoms with Crippen LogP contribution in [0, 0.1) is 0 Å². The third-order valence-electron chi connectivity index (χ3n) is 5.70. The third-order valence-corrected chi connectivity index (χ3v) is 5.70. The van der Waals surface area contributed by atoms with E-state index in [-0.39, 0.29) is 0 Å². The van der Waals surface area contributed by atoms with Gasteiger partial charge in [-0.25, -0.2) is 0 Å². The molecule has 0 aliphatic heterocycles. The van der Waals surface area contributed by atoms with Crippen LogP contribution in [0.15, 0.2) is 64.8 Å². The lowest BCUT2D eigenvalue weighted by Gasteiger charge is -2.14. The van der Waals surface area contributed by atoms with Crippen molar-refractivity contribution in [2.24, 2.45) is 0 Å². The van der Waals surface area contributed by atoms with E-state index < -0.39 is 0 Å². The maximum Gasteiger partial charge on any atom is 0.203 e. The number of ether oxygens (including phenoxy) is 5. The van der Waals surface area contributed by atoms with Gasteiger partial charge in [0.25, 0.3) is 0 Å². The van der Waals surface area contributed by atoms with E-state index in [9.17, 15) is 0 Å². The predicted molar refractivity (Wildman–Crippen MR) is 128 cm³/mol. The molecular formula is C27H28O6. The van der Waals surface area contributed by atoms with Gasteiger partial charge in [-0.1, -0.05) is 12.2 Å². The molecule has 0 fully saturated rings. The van der Waals surface area contributed by atoms with E-state index >= 15 is 0 Å². The summed E-state index contributed by atoms with van der Waals surface area (Å²) < 4.78 is 33.8. The molecule has 3 aromatic rings. The number of rotatable bonds is 8. The summed E-state index contributed by atoms with van der Waals surface area (Å²) in [6, 6.07) is 9.85. The highest BCUT2D eigenvalue weighted by atomic mass is 16.5. The minimum absolute atomic E-state index is 0.569. The second-order valence-electron chi connectivity index (χ2n) is 7.55. The van der Waals surface area contributed by atoms with Crippen LogP contribution in [0.4, 0.5) is 0 Å². The SMILES string of the molecule is COC1=CC=C(c2oc3cc(OC)ccc3c2Cc2cc(OC)c(OC)c(OC)c2)CC=C1. The van der Waals surface area contributed by atoms with Crippen LogP contribution in [-0.2, 0) is 11.2 Å². The molecule has 6 heteroatoms. The maximum absolute atomic E-state index is 6.40. The topological polar surface area (TPSA) is 59.3 Å². The van der Waals surface area contributed by atoms with Gasteiger partial charge in [-0.05, 0) is 54.0 Å². The van der Waals surface area contributed by atoms with E-state index in [0.717, 1.165) is 51.4 Å². The summed E-state index contributed by atoms with van der Waals surface area (Å²) in [4.78, 5) is 0. The predicted octanol–water partition coefficient (Wildman–Crippen LogP) is 5.93. The number of methoxy groups -OCH3 is 5. The largest absolute Gasteiger partial charge is 0.497 e. The summed E-state index contributed by atoms with van der Waals surface area (Å²) >= 11 is 0. The Balaban J connectivity index is 1.86. The molecule has 0 radical (unpaired) electrons. The van der Waals surface area contributed by atoms with Crippen LogP contribution in [0.1, 0.15) is 23.3 Å². The molecule has 0 saturated carbocycles. The highest BCUT2D eigenvalue weighted by Crippen LogP contribution is 2.41. The Hall–Kier alpha value is -3.80. The van der Waals surface area contributed by atoms with E-state index in [4.69, 9.17) is 28.1 Å². The van der Waals surface area contributed by atoms with E-state index in [1.807, 2.05) is 48.6 Å². The standard InChI is InChI=1S/C27H28O6/c1-28-19-8-6-7-18(9-10-19)26-22(21-12-11-20(29-2)16-23(21)33-26)13-17-14-24(30-3)27(32-5)25(15-17)31-4/h6,8-12,14-16H,7,13H2,1-5H3. The van der Waals surface area contributed by atoms with Crippen LogP contribution in [0.3, 0.4) is 0 Å². The van der Waals surface area contributed by atoms with Gasteiger partial charge >= 0.3 is 0 Å². The van der Waals surface area contributed by atoms with E-state index in [2.05, 4.69) is 6.08 Å². The maximum atomic E-state index is 6.40. The molecule has 0 bridgehead atoms. The Labute approximate surface area is 193 Å². The smallest absolute Gasteiger partial charge is 0.203 e. The molecule has 6 nitrogen and oxygen atoms in total. The van der Waals surface area contributed by atoms with Crippen molar-refractivity contribution < 1.29 is 28.1 Å². The van der Waals surface area contributed by atoms with Crippen LogP contribution < -0.4 is 18.9 Å². The van der Waals surface area contributed by atoms with Crippen molar-refractivity contribution >= 4 is 16.5 Å². The molecule has 2 aromatic carbocycles. The first kappa shape index (κ1) is 22.4. The van der Waals surface area contributed by atoms with Crippen LogP contribution >= 0.6 is 0 Å². The summed E-state index contributed by atoms with van der Waals surface area (Å²) in [5.41, 5.74) is 3.94. The second-order valence-corrected chi connectivity index (χ2v) is 7.55. The van der Waals surface area contributed by atoms with Gasteiger partial charge in [0.1, 0.15) is 22.9 Å². The van der Waals surface area contributed by atoms with Crippen molar-refractivity contribution in [3.63, 3.8) is 0 Å². The lowest BCUT2D eigenvalue weighted by molar-refractivity contribution is 0.307. The molecule has 4 rings (SSSR count). The van der Waals surface area contributed by atoms with Crippen molar-refractivity contribution in [2.75, 3.05) is 35.5 Å². The molecule has 0 spiro atoms. The summed E-state index contributed by atoms with van der Waals surface area (Å²) in [6.07, 6.45) is 9.39. The Bertz CT molecular complexity index is 1220. The molecule has 33 heavy (non-hydrogen) atoms. The zero-order valence-electron chi connectivity index (χ0n) is 19.6. The first-order chi connectivity index (χ1) is 16.1. The molecule has 0 saturated heterocycles. The number of furan rings is 1. The van der Waals surface area contributed by atoms with Gasteiger partial charge in [-0.15, -0.1) is 0 Å². The molecular weight excluding hydrogens is 420 g/mol. The molecule has 1 aromatic heterocycles. The molecule has 172 valence electrons. The van der Waals surface area contributed by atoms with E-state index in [0.29, 0.717) is 23.7 Å². The van der Waals surface area contributed by atoms with Crippen LogP contribution in [0.2, 0.25) is 0 Å². The van der Waals surface area contributed by atoms with Crippen molar-refractivity contribution in [3.8, 4) is 23.0 Å². The van der Waals surface area contributed by atoms with Crippen LogP contribution in [0.5, 0.6) is 23.0 Å². The minimum Gasteiger partial charge on any atom is -0.497 e. The Kier molecular flexibility index (Phi) is 6.63. The molecule has 1 heterocycles. The minimum atomic E-state index is 0.569. The molecule has 0 N–H and O–H groups in total. The monoisotopic (exact) mass is 448 g/mol. The number of hydrogen-bond acceptors (Lipinski definition) is 6. The van der Waals surface area contributed by atoms with Crippen molar-refractivity contribution in [2.45, 2.75) is 12.8 Å². The average Bonchev–Trinajstić information content (AvgIpc) is 3.03. The van der Waals surface area contributed by atoms with E-state index in [1.54, 1.807) is 35.5 Å². The van der Waals surface area contributed by atoms with Gasteiger partial charge < -0.3 is 28.1 Å². The molecule has 1 aliphatic carbocycles. The summed E-state index contributed by atoms with van der Waals surface area (Å²) in [7, 11) is 8.15. The zero-order chi connectivity index (χ0) is 23.4. The Morgan fingerprint density at radius 2 is 1.58 bits per heavy atom. The fraction of sp³-hybridized carbons (Fsp3) is 0.259. The fourth-order valence-corrected chi connectivity index (χ4v) is 4.05.